The standard InChI is InChI=1S/C19H21NO3/c1-14-13-23-18(16-6-4-3-5-7-16)19(21)20(14)12-15-8-10-17(22-2)11-9-15/h3-11,14,18H,12-13H2,1-2H3/t14-,18?/m1/s1. The number of hydrogen-bond acceptors (Lipinski definition) is 3. The van der Waals surface area contributed by atoms with Gasteiger partial charge < -0.3 is 14.4 Å². The van der Waals surface area contributed by atoms with Gasteiger partial charge in [0.05, 0.1) is 19.8 Å². The largest absolute Gasteiger partial charge is 0.497 e. The van der Waals surface area contributed by atoms with E-state index in [0.717, 1.165) is 16.9 Å². The molecule has 120 valence electrons. The Morgan fingerprint density at radius 1 is 1.13 bits per heavy atom. The van der Waals surface area contributed by atoms with E-state index in [-0.39, 0.29) is 11.9 Å². The summed E-state index contributed by atoms with van der Waals surface area (Å²) in [6.45, 7) is 3.14. The van der Waals surface area contributed by atoms with E-state index in [1.165, 1.54) is 0 Å². The number of nitrogens with zero attached hydrogens (tertiary/aromatic N) is 1. The number of rotatable bonds is 4. The number of morpholine rings is 1. The number of carbonyl (C=O) groups is 1. The molecule has 1 saturated heterocycles. The van der Waals surface area contributed by atoms with Crippen molar-refractivity contribution < 1.29 is 14.3 Å². The monoisotopic (exact) mass is 311 g/mol. The molecule has 0 saturated carbocycles. The molecule has 1 heterocycles. The zero-order valence-electron chi connectivity index (χ0n) is 13.4. The maximum Gasteiger partial charge on any atom is 0.256 e. The summed E-state index contributed by atoms with van der Waals surface area (Å²) in [7, 11) is 1.65. The summed E-state index contributed by atoms with van der Waals surface area (Å²) in [6, 6.07) is 17.5. The first-order valence-electron chi connectivity index (χ1n) is 7.79. The van der Waals surface area contributed by atoms with Crippen molar-refractivity contribution in [1.82, 2.24) is 4.90 Å². The summed E-state index contributed by atoms with van der Waals surface area (Å²) in [5.41, 5.74) is 1.99. The predicted molar refractivity (Wildman–Crippen MR) is 88.1 cm³/mol. The van der Waals surface area contributed by atoms with Gasteiger partial charge in [-0.2, -0.15) is 0 Å². The van der Waals surface area contributed by atoms with Crippen LogP contribution in [-0.2, 0) is 16.1 Å². The van der Waals surface area contributed by atoms with Crippen LogP contribution in [0.4, 0.5) is 0 Å². The van der Waals surface area contributed by atoms with Gasteiger partial charge >= 0.3 is 0 Å². The molecule has 2 aromatic rings. The third kappa shape index (κ3) is 3.37. The van der Waals surface area contributed by atoms with E-state index in [0.29, 0.717) is 13.2 Å². The summed E-state index contributed by atoms with van der Waals surface area (Å²) in [4.78, 5) is 14.7. The maximum atomic E-state index is 12.8. The van der Waals surface area contributed by atoms with Crippen LogP contribution in [0.25, 0.3) is 0 Å². The van der Waals surface area contributed by atoms with E-state index >= 15 is 0 Å². The minimum atomic E-state index is -0.509. The molecule has 1 fully saturated rings. The Hall–Kier alpha value is -2.33. The fraction of sp³-hybridized carbons (Fsp3) is 0.316. The van der Waals surface area contributed by atoms with E-state index in [2.05, 4.69) is 0 Å². The molecule has 0 N–H and O–H groups in total. The van der Waals surface area contributed by atoms with Gasteiger partial charge in [0.15, 0.2) is 6.10 Å². The number of benzene rings is 2. The van der Waals surface area contributed by atoms with Crippen LogP contribution in [0.3, 0.4) is 0 Å². The highest BCUT2D eigenvalue weighted by molar-refractivity contribution is 5.83. The van der Waals surface area contributed by atoms with Crippen molar-refractivity contribution in [2.24, 2.45) is 0 Å². The average Bonchev–Trinajstić information content (AvgIpc) is 2.60. The molecule has 4 heteroatoms. The van der Waals surface area contributed by atoms with E-state index in [1.54, 1.807) is 7.11 Å². The van der Waals surface area contributed by atoms with Crippen LogP contribution in [0.2, 0.25) is 0 Å². The van der Waals surface area contributed by atoms with E-state index in [4.69, 9.17) is 9.47 Å². The van der Waals surface area contributed by atoms with Crippen LogP contribution < -0.4 is 4.74 Å². The number of ether oxygens (including phenoxy) is 2. The van der Waals surface area contributed by atoms with Crippen molar-refractivity contribution in [3.63, 3.8) is 0 Å². The normalized spacial score (nSPS) is 21.3. The Bertz CT molecular complexity index is 654. The van der Waals surface area contributed by atoms with E-state index in [9.17, 15) is 4.79 Å². The summed E-state index contributed by atoms with van der Waals surface area (Å²) < 4.78 is 11.0. The van der Waals surface area contributed by atoms with Gasteiger partial charge in [0.2, 0.25) is 0 Å². The lowest BCUT2D eigenvalue weighted by Crippen LogP contribution is -2.48. The summed E-state index contributed by atoms with van der Waals surface area (Å²) in [5, 5.41) is 0. The van der Waals surface area contributed by atoms with Gasteiger partial charge in [-0.05, 0) is 30.2 Å². The predicted octanol–water partition coefficient (Wildman–Crippen LogP) is 3.18. The van der Waals surface area contributed by atoms with Gasteiger partial charge in [-0.15, -0.1) is 0 Å². The molecular formula is C19H21NO3. The third-order valence-corrected chi connectivity index (χ3v) is 4.16. The Morgan fingerprint density at radius 3 is 2.48 bits per heavy atom. The highest BCUT2D eigenvalue weighted by Gasteiger charge is 2.34. The van der Waals surface area contributed by atoms with E-state index < -0.39 is 6.10 Å². The number of hydrogen-bond donors (Lipinski definition) is 0. The highest BCUT2D eigenvalue weighted by Crippen LogP contribution is 2.27. The SMILES string of the molecule is COc1ccc(CN2C(=O)C(c3ccccc3)OC[C@H]2C)cc1. The molecule has 1 amide bonds. The number of carbonyl (C=O) groups excluding carboxylic acids is 1. The van der Waals surface area contributed by atoms with Crippen LogP contribution in [0.5, 0.6) is 5.75 Å². The average molecular weight is 311 g/mol. The lowest BCUT2D eigenvalue weighted by Gasteiger charge is -2.37. The molecule has 1 aliphatic rings. The molecule has 4 nitrogen and oxygen atoms in total. The van der Waals surface area contributed by atoms with Crippen LogP contribution >= 0.6 is 0 Å². The molecule has 3 rings (SSSR count). The van der Waals surface area contributed by atoms with Crippen LogP contribution in [0.15, 0.2) is 54.6 Å². The van der Waals surface area contributed by atoms with Crippen molar-refractivity contribution in [3.05, 3.63) is 65.7 Å². The zero-order chi connectivity index (χ0) is 16.2. The lowest BCUT2D eigenvalue weighted by atomic mass is 10.0. The third-order valence-electron chi connectivity index (χ3n) is 4.16. The fourth-order valence-electron chi connectivity index (χ4n) is 2.79. The van der Waals surface area contributed by atoms with Crippen LogP contribution in [0, 0.1) is 0 Å². The van der Waals surface area contributed by atoms with Gasteiger partial charge in [-0.1, -0.05) is 42.5 Å². The lowest BCUT2D eigenvalue weighted by molar-refractivity contribution is -0.160. The summed E-state index contributed by atoms with van der Waals surface area (Å²) in [5.74, 6) is 0.836. The van der Waals surface area contributed by atoms with Crippen molar-refractivity contribution in [2.45, 2.75) is 25.6 Å². The Labute approximate surface area is 136 Å². The second kappa shape index (κ2) is 6.84. The van der Waals surface area contributed by atoms with Gasteiger partial charge in [0.1, 0.15) is 5.75 Å². The number of amides is 1. The van der Waals surface area contributed by atoms with Gasteiger partial charge in [-0.3, -0.25) is 4.79 Å². The summed E-state index contributed by atoms with van der Waals surface area (Å²) >= 11 is 0. The van der Waals surface area contributed by atoms with Crippen molar-refractivity contribution in [3.8, 4) is 5.75 Å². The molecule has 23 heavy (non-hydrogen) atoms. The minimum Gasteiger partial charge on any atom is -0.497 e. The van der Waals surface area contributed by atoms with Crippen molar-refractivity contribution in [1.29, 1.82) is 0 Å². The molecular weight excluding hydrogens is 290 g/mol. The maximum absolute atomic E-state index is 12.8. The minimum absolute atomic E-state index is 0.0192. The topological polar surface area (TPSA) is 38.8 Å². The van der Waals surface area contributed by atoms with Crippen molar-refractivity contribution >= 4 is 5.91 Å². The summed E-state index contributed by atoms with van der Waals surface area (Å²) in [6.07, 6.45) is -0.509. The van der Waals surface area contributed by atoms with Crippen molar-refractivity contribution in [2.75, 3.05) is 13.7 Å². The van der Waals surface area contributed by atoms with Crippen LogP contribution in [0.1, 0.15) is 24.2 Å². The molecule has 1 unspecified atom stereocenters. The van der Waals surface area contributed by atoms with Gasteiger partial charge in [0, 0.05) is 6.54 Å². The molecule has 2 atom stereocenters. The number of methoxy groups -OCH3 is 1. The van der Waals surface area contributed by atoms with Gasteiger partial charge in [0.25, 0.3) is 5.91 Å². The Kier molecular flexibility index (Phi) is 4.63. The second-order valence-electron chi connectivity index (χ2n) is 5.79. The molecule has 1 aliphatic heterocycles. The van der Waals surface area contributed by atoms with Crippen LogP contribution in [-0.4, -0.2) is 30.6 Å². The first-order valence-corrected chi connectivity index (χ1v) is 7.79. The Morgan fingerprint density at radius 2 is 1.83 bits per heavy atom. The molecule has 0 radical (unpaired) electrons. The molecule has 2 aromatic carbocycles. The smallest absolute Gasteiger partial charge is 0.256 e. The van der Waals surface area contributed by atoms with E-state index in [1.807, 2.05) is 66.4 Å². The highest BCUT2D eigenvalue weighted by atomic mass is 16.5. The first-order chi connectivity index (χ1) is 11.2. The quantitative estimate of drug-likeness (QED) is 0.870. The zero-order valence-corrected chi connectivity index (χ0v) is 13.4. The Balaban J connectivity index is 1.77. The molecule has 0 aliphatic carbocycles. The molecule has 0 aromatic heterocycles. The second-order valence-corrected chi connectivity index (χ2v) is 5.79. The first kappa shape index (κ1) is 15.6. The molecule has 0 spiro atoms. The molecule has 0 bridgehead atoms. The van der Waals surface area contributed by atoms with Gasteiger partial charge in [-0.25, -0.2) is 0 Å². The fourth-order valence-corrected chi connectivity index (χ4v) is 2.79.